The van der Waals surface area contributed by atoms with E-state index >= 15 is 0 Å². The first-order valence-corrected chi connectivity index (χ1v) is 10.9. The smallest absolute Gasteiger partial charge is 0.323 e. The molecule has 2 N–H and O–H groups in total. The second-order valence-corrected chi connectivity index (χ2v) is 8.24. The molecule has 166 valence electrons. The quantitative estimate of drug-likeness (QED) is 0.545. The number of urea groups is 1. The number of carbonyl (C=O) groups excluding carboxylic acids is 2. The van der Waals surface area contributed by atoms with Crippen molar-refractivity contribution in [3.8, 4) is 5.75 Å². The van der Waals surface area contributed by atoms with Gasteiger partial charge in [-0.15, -0.1) is 0 Å². The molecule has 2 aromatic carbocycles. The summed E-state index contributed by atoms with van der Waals surface area (Å²) in [6.45, 7) is 1.97. The summed E-state index contributed by atoms with van der Waals surface area (Å²) in [5.74, 6) is 1.65. The molecule has 0 aliphatic heterocycles. The maximum absolute atomic E-state index is 12.4. The van der Waals surface area contributed by atoms with Gasteiger partial charge in [-0.25, -0.2) is 4.79 Å². The Balaban J connectivity index is 1.50. The summed E-state index contributed by atoms with van der Waals surface area (Å²) >= 11 is 0. The molecule has 0 unspecified atom stereocenters. The summed E-state index contributed by atoms with van der Waals surface area (Å²) in [6, 6.07) is 13.4. The summed E-state index contributed by atoms with van der Waals surface area (Å²) in [6.07, 6.45) is 5.98. The molecule has 31 heavy (non-hydrogen) atoms. The first kappa shape index (κ1) is 22.7. The number of benzene rings is 2. The average molecular weight is 425 g/mol. The van der Waals surface area contributed by atoms with Crippen molar-refractivity contribution in [2.45, 2.75) is 51.4 Å². The van der Waals surface area contributed by atoms with Gasteiger partial charge >= 0.3 is 12.0 Å². The monoisotopic (exact) mass is 424 g/mol. The minimum atomic E-state index is -0.303. The number of ether oxygens (including phenoxy) is 2. The number of hydrogen-bond donors (Lipinski definition) is 2. The number of nitrogens with one attached hydrogen (secondary N) is 2. The number of methoxy groups -OCH3 is 2. The maximum atomic E-state index is 12.4. The van der Waals surface area contributed by atoms with E-state index in [1.807, 2.05) is 37.3 Å². The number of esters is 1. The molecule has 1 aliphatic carbocycles. The first-order chi connectivity index (χ1) is 15.0. The molecule has 6 heteroatoms. The lowest BCUT2D eigenvalue weighted by molar-refractivity contribution is -0.141. The van der Waals surface area contributed by atoms with Crippen LogP contribution in [0.1, 0.15) is 55.6 Å². The molecular formula is C25H32N2O4. The third-order valence-corrected chi connectivity index (χ3v) is 6.07. The zero-order valence-electron chi connectivity index (χ0n) is 18.6. The minimum Gasteiger partial charge on any atom is -0.495 e. The highest BCUT2D eigenvalue weighted by atomic mass is 16.5. The molecule has 2 aromatic rings. The van der Waals surface area contributed by atoms with E-state index in [1.165, 1.54) is 12.7 Å². The lowest BCUT2D eigenvalue weighted by Crippen LogP contribution is -2.20. The Labute approximate surface area is 184 Å². The molecule has 0 bridgehead atoms. The molecule has 0 aromatic heterocycles. The molecule has 2 amide bonds. The van der Waals surface area contributed by atoms with Gasteiger partial charge in [0.15, 0.2) is 0 Å². The van der Waals surface area contributed by atoms with Gasteiger partial charge in [0.2, 0.25) is 0 Å². The molecule has 1 aliphatic rings. The van der Waals surface area contributed by atoms with Crippen molar-refractivity contribution in [2.24, 2.45) is 5.92 Å². The van der Waals surface area contributed by atoms with Gasteiger partial charge in [-0.05, 0) is 86.3 Å². The number of carbonyl (C=O) groups is 2. The van der Waals surface area contributed by atoms with Gasteiger partial charge in [0, 0.05) is 12.1 Å². The van der Waals surface area contributed by atoms with Gasteiger partial charge < -0.3 is 20.1 Å². The van der Waals surface area contributed by atoms with Gasteiger partial charge in [-0.3, -0.25) is 4.79 Å². The minimum absolute atomic E-state index is 0.116. The van der Waals surface area contributed by atoms with E-state index < -0.39 is 0 Å². The Bertz CT molecular complexity index is 887. The number of anilines is 2. The molecule has 0 radical (unpaired) electrons. The van der Waals surface area contributed by atoms with Crippen LogP contribution in [0.4, 0.5) is 16.2 Å². The van der Waals surface area contributed by atoms with Gasteiger partial charge in [0.25, 0.3) is 0 Å². The van der Waals surface area contributed by atoms with Gasteiger partial charge in [0.1, 0.15) is 5.75 Å². The second-order valence-electron chi connectivity index (χ2n) is 8.24. The van der Waals surface area contributed by atoms with Crippen LogP contribution < -0.4 is 15.4 Å². The molecule has 1 saturated carbocycles. The zero-order valence-corrected chi connectivity index (χ0v) is 18.6. The molecule has 0 saturated heterocycles. The lowest BCUT2D eigenvalue weighted by Gasteiger charge is -2.28. The Morgan fingerprint density at radius 3 is 2.32 bits per heavy atom. The van der Waals surface area contributed by atoms with Gasteiger partial charge in [-0.2, -0.15) is 0 Å². The van der Waals surface area contributed by atoms with Gasteiger partial charge in [-0.1, -0.05) is 18.2 Å². The highest BCUT2D eigenvalue weighted by Crippen LogP contribution is 2.37. The summed E-state index contributed by atoms with van der Waals surface area (Å²) in [7, 11) is 3.03. The summed E-state index contributed by atoms with van der Waals surface area (Å²) < 4.78 is 10.0. The van der Waals surface area contributed by atoms with Crippen molar-refractivity contribution in [3.63, 3.8) is 0 Å². The summed E-state index contributed by atoms with van der Waals surface area (Å²) in [5.41, 5.74) is 3.73. The van der Waals surface area contributed by atoms with Crippen molar-refractivity contribution < 1.29 is 19.1 Å². The topological polar surface area (TPSA) is 76.7 Å². The fourth-order valence-corrected chi connectivity index (χ4v) is 4.25. The van der Waals surface area contributed by atoms with Crippen LogP contribution in [0.5, 0.6) is 5.75 Å². The fraction of sp³-hybridized carbons (Fsp3) is 0.440. The van der Waals surface area contributed by atoms with Crippen LogP contribution in [0, 0.1) is 12.8 Å². The number of aryl methyl sites for hydroxylation is 1. The normalized spacial score (nSPS) is 18.2. The van der Waals surface area contributed by atoms with Crippen molar-refractivity contribution in [1.82, 2.24) is 0 Å². The van der Waals surface area contributed by atoms with E-state index in [4.69, 9.17) is 9.47 Å². The Morgan fingerprint density at radius 1 is 0.968 bits per heavy atom. The lowest BCUT2D eigenvalue weighted by atomic mass is 9.77. The number of amides is 2. The first-order valence-electron chi connectivity index (χ1n) is 10.9. The fourth-order valence-electron chi connectivity index (χ4n) is 4.25. The third-order valence-electron chi connectivity index (χ3n) is 6.07. The second kappa shape index (κ2) is 10.8. The number of hydrogen-bond acceptors (Lipinski definition) is 4. The Kier molecular flexibility index (Phi) is 7.93. The van der Waals surface area contributed by atoms with Crippen molar-refractivity contribution >= 4 is 23.4 Å². The van der Waals surface area contributed by atoms with Crippen LogP contribution in [0.2, 0.25) is 0 Å². The number of rotatable bonds is 7. The molecule has 3 rings (SSSR count). The average Bonchev–Trinajstić information content (AvgIpc) is 2.78. The van der Waals surface area contributed by atoms with Crippen LogP contribution in [-0.4, -0.2) is 26.2 Å². The predicted molar refractivity (Wildman–Crippen MR) is 123 cm³/mol. The molecule has 0 heterocycles. The molecule has 6 nitrogen and oxygen atoms in total. The summed E-state index contributed by atoms with van der Waals surface area (Å²) in [4.78, 5) is 23.7. The molecule has 0 spiro atoms. The third kappa shape index (κ3) is 6.48. The molecule has 0 atom stereocenters. The van der Waals surface area contributed by atoms with E-state index in [2.05, 4.69) is 22.8 Å². The van der Waals surface area contributed by atoms with E-state index in [0.29, 0.717) is 29.7 Å². The highest BCUT2D eigenvalue weighted by molar-refractivity contribution is 6.00. The molecule has 1 fully saturated rings. The van der Waals surface area contributed by atoms with Crippen LogP contribution in [0.25, 0.3) is 0 Å². The maximum Gasteiger partial charge on any atom is 0.323 e. The zero-order chi connectivity index (χ0) is 22.2. The van der Waals surface area contributed by atoms with E-state index in [0.717, 1.165) is 43.4 Å². The van der Waals surface area contributed by atoms with E-state index in [-0.39, 0.29) is 12.0 Å². The van der Waals surface area contributed by atoms with Crippen molar-refractivity contribution in [2.75, 3.05) is 24.9 Å². The van der Waals surface area contributed by atoms with Crippen LogP contribution in [0.15, 0.2) is 42.5 Å². The van der Waals surface area contributed by atoms with Crippen LogP contribution >= 0.6 is 0 Å². The predicted octanol–water partition coefficient (Wildman–Crippen LogP) is 5.87. The highest BCUT2D eigenvalue weighted by Gasteiger charge is 2.23. The Hall–Kier alpha value is -3.02. The van der Waals surface area contributed by atoms with E-state index in [9.17, 15) is 9.59 Å². The molecular weight excluding hydrogens is 392 g/mol. The Morgan fingerprint density at radius 2 is 1.68 bits per heavy atom. The van der Waals surface area contributed by atoms with E-state index in [1.54, 1.807) is 7.11 Å². The largest absolute Gasteiger partial charge is 0.495 e. The standard InChI is InChI=1S/C25H32N2O4/c1-17-4-14-23(30-2)22(16-17)27-25(29)26-21-12-10-20(11-13-21)19-8-5-18(6-9-19)7-15-24(28)31-3/h4,10-14,16,18-19H,5-9,15H2,1-3H3,(H2,26,27,29)/t18-,19-. The van der Waals surface area contributed by atoms with Gasteiger partial charge in [0.05, 0.1) is 19.9 Å². The van der Waals surface area contributed by atoms with Crippen molar-refractivity contribution in [3.05, 3.63) is 53.6 Å². The van der Waals surface area contributed by atoms with Crippen LogP contribution in [-0.2, 0) is 9.53 Å². The van der Waals surface area contributed by atoms with Crippen LogP contribution in [0.3, 0.4) is 0 Å². The summed E-state index contributed by atoms with van der Waals surface area (Å²) in [5, 5.41) is 5.73. The SMILES string of the molecule is COC(=O)CC[C@H]1CC[C@H](c2ccc(NC(=O)Nc3cc(C)ccc3OC)cc2)CC1. The van der Waals surface area contributed by atoms with Crippen molar-refractivity contribution in [1.29, 1.82) is 0 Å².